The number of thiophene rings is 1. The summed E-state index contributed by atoms with van der Waals surface area (Å²) < 4.78 is 1.41. The van der Waals surface area contributed by atoms with Crippen LogP contribution in [0.4, 0.5) is 0 Å². The number of rotatable bonds is 3. The lowest BCUT2D eigenvalue weighted by Crippen LogP contribution is -2.40. The summed E-state index contributed by atoms with van der Waals surface area (Å²) in [5, 5.41) is 6.84. The average molecular weight is 342 g/mol. The Morgan fingerprint density at radius 1 is 1.38 bits per heavy atom. The summed E-state index contributed by atoms with van der Waals surface area (Å²) in [7, 11) is 0. The van der Waals surface area contributed by atoms with Crippen molar-refractivity contribution in [3.63, 3.8) is 0 Å². The summed E-state index contributed by atoms with van der Waals surface area (Å²) >= 11 is 1.60. The van der Waals surface area contributed by atoms with Gasteiger partial charge in [-0.05, 0) is 41.7 Å². The monoisotopic (exact) mass is 342 g/mol. The van der Waals surface area contributed by atoms with Crippen molar-refractivity contribution in [2.24, 2.45) is 0 Å². The maximum absolute atomic E-state index is 12.8. The number of nitrogens with zero attached hydrogens (tertiary/aromatic N) is 3. The fourth-order valence-corrected chi connectivity index (χ4v) is 3.99. The summed E-state index contributed by atoms with van der Waals surface area (Å²) in [6, 6.07) is 5.19. The highest BCUT2D eigenvalue weighted by Gasteiger charge is 2.29. The quantitative estimate of drug-likeness (QED) is 0.794. The number of aromatic amines is 1. The van der Waals surface area contributed by atoms with Gasteiger partial charge in [-0.25, -0.2) is 9.50 Å². The van der Waals surface area contributed by atoms with Gasteiger partial charge < -0.3 is 4.90 Å². The topological polar surface area (TPSA) is 70.5 Å². The Kier molecular flexibility index (Phi) is 3.93. The number of amides is 1. The van der Waals surface area contributed by atoms with Crippen molar-refractivity contribution in [2.75, 3.05) is 6.54 Å². The van der Waals surface area contributed by atoms with Crippen LogP contribution in [0.3, 0.4) is 0 Å². The Balaban J connectivity index is 1.65. The van der Waals surface area contributed by atoms with Gasteiger partial charge in [0, 0.05) is 24.9 Å². The van der Waals surface area contributed by atoms with Gasteiger partial charge in [-0.2, -0.15) is 11.3 Å². The van der Waals surface area contributed by atoms with Crippen molar-refractivity contribution in [2.45, 2.75) is 31.7 Å². The molecule has 4 heterocycles. The number of aromatic nitrogens is 3. The first-order valence-corrected chi connectivity index (χ1v) is 9.04. The maximum atomic E-state index is 12.8. The third-order valence-corrected chi connectivity index (χ3v) is 5.23. The van der Waals surface area contributed by atoms with Crippen molar-refractivity contribution in [3.05, 3.63) is 56.8 Å². The second kappa shape index (κ2) is 6.24. The molecule has 3 aromatic heterocycles. The van der Waals surface area contributed by atoms with E-state index in [1.54, 1.807) is 29.7 Å². The molecule has 0 spiro atoms. The summed E-state index contributed by atoms with van der Waals surface area (Å²) in [5.74, 6) is 0.106. The highest BCUT2D eigenvalue weighted by molar-refractivity contribution is 7.08. The van der Waals surface area contributed by atoms with Gasteiger partial charge in [-0.15, -0.1) is 0 Å². The smallest absolute Gasteiger partial charge is 0.272 e. The molecule has 1 fully saturated rings. The van der Waals surface area contributed by atoms with Crippen LogP contribution in [0.15, 0.2) is 40.0 Å². The second-order valence-corrected chi connectivity index (χ2v) is 6.86. The molecule has 0 unspecified atom stereocenters. The molecule has 0 aromatic carbocycles. The summed E-state index contributed by atoms with van der Waals surface area (Å²) in [6.07, 6.45) is 4.99. The first-order valence-electron chi connectivity index (χ1n) is 8.10. The fourth-order valence-electron chi connectivity index (χ4n) is 3.32. The Bertz CT molecular complexity index is 912. The van der Waals surface area contributed by atoms with E-state index in [9.17, 15) is 9.59 Å². The van der Waals surface area contributed by atoms with E-state index in [0.29, 0.717) is 17.8 Å². The molecule has 3 aromatic rings. The minimum Gasteiger partial charge on any atom is -0.334 e. The first kappa shape index (κ1) is 15.1. The molecule has 1 saturated heterocycles. The number of fused-ring (bicyclic) bond motifs is 1. The SMILES string of the molecule is O=C(Cc1ccsc1)N1CCCC[C@H]1c1cc(=O)n2[nH]ccc2n1. The molecule has 1 N–H and O–H groups in total. The van der Waals surface area contributed by atoms with Crippen LogP contribution in [0.25, 0.3) is 5.65 Å². The molecule has 1 atom stereocenters. The van der Waals surface area contributed by atoms with Gasteiger partial charge in [-0.3, -0.25) is 14.7 Å². The van der Waals surface area contributed by atoms with Gasteiger partial charge in [-0.1, -0.05) is 0 Å². The van der Waals surface area contributed by atoms with Crippen LogP contribution >= 0.6 is 11.3 Å². The normalized spacial score (nSPS) is 18.2. The van der Waals surface area contributed by atoms with Crippen molar-refractivity contribution >= 4 is 22.9 Å². The van der Waals surface area contributed by atoms with Gasteiger partial charge in [0.2, 0.25) is 5.91 Å². The first-order chi connectivity index (χ1) is 11.7. The molecular formula is C17H18N4O2S. The Hall–Kier alpha value is -2.41. The maximum Gasteiger partial charge on any atom is 0.272 e. The molecule has 7 heteroatoms. The second-order valence-electron chi connectivity index (χ2n) is 6.08. The lowest BCUT2D eigenvalue weighted by molar-refractivity contribution is -0.134. The number of hydrogen-bond donors (Lipinski definition) is 1. The summed E-state index contributed by atoms with van der Waals surface area (Å²) in [6.45, 7) is 0.724. The van der Waals surface area contributed by atoms with Crippen LogP contribution in [0, 0.1) is 0 Å². The van der Waals surface area contributed by atoms with Gasteiger partial charge in [0.05, 0.1) is 18.2 Å². The summed E-state index contributed by atoms with van der Waals surface area (Å²) in [5.41, 5.74) is 2.19. The third-order valence-electron chi connectivity index (χ3n) is 4.50. The third kappa shape index (κ3) is 2.75. The lowest BCUT2D eigenvalue weighted by Gasteiger charge is -2.35. The van der Waals surface area contributed by atoms with Crippen LogP contribution in [0.5, 0.6) is 0 Å². The minimum atomic E-state index is -0.143. The molecule has 0 aliphatic carbocycles. The van der Waals surface area contributed by atoms with Crippen molar-refractivity contribution in [1.29, 1.82) is 0 Å². The Labute approximate surface area is 142 Å². The highest BCUT2D eigenvalue weighted by Crippen LogP contribution is 2.30. The van der Waals surface area contributed by atoms with Gasteiger partial charge >= 0.3 is 0 Å². The molecule has 0 radical (unpaired) electrons. The Morgan fingerprint density at radius 3 is 3.12 bits per heavy atom. The van der Waals surface area contributed by atoms with E-state index in [1.807, 2.05) is 21.7 Å². The van der Waals surface area contributed by atoms with Gasteiger partial charge in [0.15, 0.2) is 5.65 Å². The Morgan fingerprint density at radius 2 is 2.29 bits per heavy atom. The largest absolute Gasteiger partial charge is 0.334 e. The molecule has 24 heavy (non-hydrogen) atoms. The fraction of sp³-hybridized carbons (Fsp3) is 0.353. The van der Waals surface area contributed by atoms with Gasteiger partial charge in [0.1, 0.15) is 0 Å². The zero-order valence-electron chi connectivity index (χ0n) is 13.1. The van der Waals surface area contributed by atoms with E-state index >= 15 is 0 Å². The number of carbonyl (C=O) groups excluding carboxylic acids is 1. The number of nitrogens with one attached hydrogen (secondary N) is 1. The van der Waals surface area contributed by atoms with Gasteiger partial charge in [0.25, 0.3) is 5.56 Å². The van der Waals surface area contributed by atoms with E-state index in [2.05, 4.69) is 10.1 Å². The number of H-pyrrole nitrogens is 1. The van der Waals surface area contributed by atoms with Crippen molar-refractivity contribution in [1.82, 2.24) is 19.5 Å². The van der Waals surface area contributed by atoms with E-state index < -0.39 is 0 Å². The predicted octanol–water partition coefficient (Wildman–Crippen LogP) is 2.38. The number of likely N-dealkylation sites (tertiary alicyclic amines) is 1. The molecule has 0 bridgehead atoms. The lowest BCUT2D eigenvalue weighted by atomic mass is 9.98. The minimum absolute atomic E-state index is 0.106. The van der Waals surface area contributed by atoms with Crippen LogP contribution in [0.1, 0.15) is 36.6 Å². The van der Waals surface area contributed by atoms with Crippen molar-refractivity contribution in [3.8, 4) is 0 Å². The number of hydrogen-bond acceptors (Lipinski definition) is 4. The number of carbonyl (C=O) groups is 1. The van der Waals surface area contributed by atoms with E-state index in [1.165, 1.54) is 4.52 Å². The summed E-state index contributed by atoms with van der Waals surface area (Å²) in [4.78, 5) is 31.5. The predicted molar refractivity (Wildman–Crippen MR) is 92.1 cm³/mol. The van der Waals surface area contributed by atoms with E-state index in [4.69, 9.17) is 0 Å². The zero-order chi connectivity index (χ0) is 16.5. The molecule has 0 saturated carbocycles. The molecule has 1 aliphatic rings. The molecular weight excluding hydrogens is 324 g/mol. The van der Waals surface area contributed by atoms with E-state index in [0.717, 1.165) is 31.4 Å². The average Bonchev–Trinajstić information content (AvgIpc) is 3.26. The molecule has 124 valence electrons. The van der Waals surface area contributed by atoms with Crippen LogP contribution < -0.4 is 5.56 Å². The van der Waals surface area contributed by atoms with Crippen molar-refractivity contribution < 1.29 is 4.79 Å². The molecule has 1 amide bonds. The molecule has 1 aliphatic heterocycles. The van der Waals surface area contributed by atoms with Crippen LogP contribution in [-0.4, -0.2) is 31.9 Å². The zero-order valence-corrected chi connectivity index (χ0v) is 14.0. The molecule has 6 nitrogen and oxygen atoms in total. The standard InChI is InChI=1S/C17H18N4O2S/c22-16(9-12-5-8-24-11-12)20-7-2-1-3-14(20)13-10-17(23)21-15(19-13)4-6-18-21/h4-6,8,10-11,14,18H,1-3,7,9H2/t14-/m0/s1. The van der Waals surface area contributed by atoms with Crippen LogP contribution in [0.2, 0.25) is 0 Å². The molecule has 4 rings (SSSR count). The van der Waals surface area contributed by atoms with Crippen LogP contribution in [-0.2, 0) is 11.2 Å². The van der Waals surface area contributed by atoms with E-state index in [-0.39, 0.29) is 17.5 Å². The number of piperidine rings is 1. The highest BCUT2D eigenvalue weighted by atomic mass is 32.1.